The van der Waals surface area contributed by atoms with E-state index in [2.05, 4.69) is 53.3 Å². The Balaban J connectivity index is 0.000000335. The van der Waals surface area contributed by atoms with Gasteiger partial charge in [0.15, 0.2) is 6.29 Å². The van der Waals surface area contributed by atoms with Crippen molar-refractivity contribution in [3.05, 3.63) is 89.5 Å². The van der Waals surface area contributed by atoms with Crippen LogP contribution in [0, 0.1) is 0 Å². The minimum atomic E-state index is 0.589. The summed E-state index contributed by atoms with van der Waals surface area (Å²) in [6.45, 7) is 12.2. The maximum Gasteiger partial charge on any atom is 0.153 e. The van der Waals surface area contributed by atoms with Crippen LogP contribution in [0.2, 0.25) is 0 Å². The van der Waals surface area contributed by atoms with Crippen LogP contribution in [-0.2, 0) is 28.4 Å². The van der Waals surface area contributed by atoms with Gasteiger partial charge in [-0.15, -0.1) is 0 Å². The van der Waals surface area contributed by atoms with Crippen molar-refractivity contribution in [3.8, 4) is 5.75 Å². The molecule has 0 aliphatic rings. The zero-order valence-electron chi connectivity index (χ0n) is 35.1. The molecular weight excluding hydrogens is 737 g/mol. The van der Waals surface area contributed by atoms with Crippen molar-refractivity contribution >= 4 is 40.3 Å². The second-order valence-electron chi connectivity index (χ2n) is 13.0. The van der Waals surface area contributed by atoms with Gasteiger partial charge in [-0.3, -0.25) is 14.8 Å². The Morgan fingerprint density at radius 2 is 0.931 bits per heavy atom. The third-order valence-electron chi connectivity index (χ3n) is 8.37. The quantitative estimate of drug-likeness (QED) is 0.0335. The highest BCUT2D eigenvalue weighted by molar-refractivity contribution is 6.00. The predicted octanol–water partition coefficient (Wildman–Crippen LogP) is 6.94. The predicted molar refractivity (Wildman–Crippen MR) is 238 cm³/mol. The molecule has 12 nitrogen and oxygen atoms in total. The fourth-order valence-electron chi connectivity index (χ4n) is 5.27. The van der Waals surface area contributed by atoms with Crippen molar-refractivity contribution in [1.29, 1.82) is 0 Å². The third-order valence-corrected chi connectivity index (χ3v) is 8.37. The van der Waals surface area contributed by atoms with Crippen molar-refractivity contribution < 1.29 is 38.0 Å². The lowest BCUT2D eigenvalue weighted by atomic mass is 10.0. The normalized spacial score (nSPS) is 11.2. The lowest BCUT2D eigenvalue weighted by Crippen LogP contribution is -2.12. The molecule has 4 N–H and O–H groups in total. The molecule has 0 saturated heterocycles. The highest BCUT2D eigenvalue weighted by Crippen LogP contribution is 2.24. The zero-order chi connectivity index (χ0) is 41.7. The molecule has 0 aromatic heterocycles. The number of aliphatic imine (C=N–C) groups is 2. The van der Waals surface area contributed by atoms with Gasteiger partial charge in [-0.05, 0) is 84.6 Å². The molecule has 0 aliphatic carbocycles. The van der Waals surface area contributed by atoms with Crippen LogP contribution in [0.1, 0.15) is 60.5 Å². The molecule has 0 heterocycles. The minimum Gasteiger partial charge on any atom is -0.496 e. The number of nitrogens with zero attached hydrogens (tertiary/aromatic N) is 2. The Morgan fingerprint density at radius 1 is 0.534 bits per heavy atom. The van der Waals surface area contributed by atoms with Crippen LogP contribution < -0.4 is 16.2 Å². The molecule has 4 rings (SSSR count). The molecule has 0 amide bonds. The van der Waals surface area contributed by atoms with Crippen molar-refractivity contribution in [1.82, 2.24) is 0 Å². The summed E-state index contributed by atoms with van der Waals surface area (Å²) >= 11 is 0. The smallest absolute Gasteiger partial charge is 0.153 e. The number of hydrogen-bond acceptors (Lipinski definition) is 12. The number of aldehydes is 1. The fraction of sp³-hybridized carbons (Fsp3) is 0.500. The molecule has 0 bridgehead atoms. The molecule has 0 radical (unpaired) electrons. The van der Waals surface area contributed by atoms with E-state index in [1.807, 2.05) is 48.8 Å². The summed E-state index contributed by atoms with van der Waals surface area (Å²) in [5.41, 5.74) is 13.4. The van der Waals surface area contributed by atoms with Gasteiger partial charge in [-0.2, -0.15) is 0 Å². The summed E-state index contributed by atoms with van der Waals surface area (Å²) in [4.78, 5) is 19.5. The van der Waals surface area contributed by atoms with Crippen LogP contribution in [0.25, 0.3) is 21.5 Å². The number of ether oxygens (including phenoxy) is 7. The van der Waals surface area contributed by atoms with Gasteiger partial charge in [0.25, 0.3) is 0 Å². The number of unbranched alkanes of at least 4 members (excludes halogenated alkanes) is 1. The maximum atomic E-state index is 10.7. The Bertz CT molecular complexity index is 1670. The number of hydrogen-bond donors (Lipinski definition) is 2. The second kappa shape index (κ2) is 34.9. The molecule has 0 saturated carbocycles. The number of methoxy groups -OCH3 is 1. The van der Waals surface area contributed by atoms with E-state index in [9.17, 15) is 4.79 Å². The van der Waals surface area contributed by atoms with Crippen LogP contribution in [0.15, 0.2) is 82.8 Å². The van der Waals surface area contributed by atoms with Crippen LogP contribution in [0.5, 0.6) is 5.75 Å². The van der Waals surface area contributed by atoms with Crippen molar-refractivity contribution in [3.63, 3.8) is 0 Å². The molecule has 320 valence electrons. The van der Waals surface area contributed by atoms with E-state index in [0.717, 1.165) is 73.4 Å². The first-order chi connectivity index (χ1) is 28.6. The minimum absolute atomic E-state index is 0.589. The maximum absolute atomic E-state index is 10.7. The number of fused-ring (bicyclic) bond motifs is 2. The van der Waals surface area contributed by atoms with Gasteiger partial charge in [-0.1, -0.05) is 61.9 Å². The first kappa shape index (κ1) is 50.0. The van der Waals surface area contributed by atoms with Gasteiger partial charge in [0.05, 0.1) is 65.5 Å². The highest BCUT2D eigenvalue weighted by atomic mass is 16.5. The molecule has 0 aliphatic heterocycles. The van der Waals surface area contributed by atoms with E-state index >= 15 is 0 Å². The third kappa shape index (κ3) is 22.7. The number of rotatable bonds is 29. The zero-order valence-corrected chi connectivity index (χ0v) is 35.1. The molecule has 0 atom stereocenters. The number of nitrogens with two attached hydrogens (primary N) is 2. The van der Waals surface area contributed by atoms with E-state index in [1.165, 1.54) is 10.8 Å². The summed E-state index contributed by atoms with van der Waals surface area (Å²) in [6, 6.07) is 24.2. The molecule has 0 fully saturated rings. The average molecular weight is 805 g/mol. The molecule has 0 spiro atoms. The van der Waals surface area contributed by atoms with E-state index in [-0.39, 0.29) is 0 Å². The summed E-state index contributed by atoms with van der Waals surface area (Å²) in [6.07, 6.45) is 9.60. The Morgan fingerprint density at radius 3 is 1.34 bits per heavy atom. The first-order valence-electron chi connectivity index (χ1n) is 20.4. The summed E-state index contributed by atoms with van der Waals surface area (Å²) in [5.74, 6) is 0.624. The van der Waals surface area contributed by atoms with E-state index < -0.39 is 0 Å². The standard InChI is InChI=1S/C24H34N2O3.C12H10O2.C10H24N2O3/c1-3-4-11-27-13-15-29-16-14-28-12-7-10-26-20-24-18-22-9-6-5-8-21(22)17-23(24)19-25-2;1-14-12-7-10-5-3-2-4-9(10)6-11(12)8-13;11-3-1-5-13-7-9-15-10-8-14-6-2-4-12/h5-6,8-9,17-20H,3-4,7,10-16H2,1-2H3;2-8H,1H3;1-12H2. The van der Waals surface area contributed by atoms with Crippen molar-refractivity contribution in [2.24, 2.45) is 21.5 Å². The molecule has 4 aromatic rings. The number of carbonyl (C=O) groups is 1. The fourth-order valence-corrected chi connectivity index (χ4v) is 5.27. The van der Waals surface area contributed by atoms with Gasteiger partial charge >= 0.3 is 0 Å². The van der Waals surface area contributed by atoms with E-state index in [1.54, 1.807) is 14.2 Å². The second-order valence-corrected chi connectivity index (χ2v) is 13.0. The van der Waals surface area contributed by atoms with Crippen molar-refractivity contribution in [2.45, 2.75) is 39.0 Å². The Labute approximate surface area is 346 Å². The van der Waals surface area contributed by atoms with Gasteiger partial charge in [-0.25, -0.2) is 0 Å². The van der Waals surface area contributed by atoms with Crippen LogP contribution in [0.4, 0.5) is 0 Å². The molecule has 12 heteroatoms. The summed E-state index contributed by atoms with van der Waals surface area (Å²) < 4.78 is 37.4. The Hall–Kier alpha value is -4.11. The SMILES string of the molecule is CCCCOCCOCCOCCCN=Cc1cc2ccccc2cc1C=NC.COc1cc2ccccc2cc1C=O.NCCCOCCOCCOCCCN. The van der Waals surface area contributed by atoms with Crippen LogP contribution >= 0.6 is 0 Å². The van der Waals surface area contributed by atoms with E-state index in [0.29, 0.717) is 97.1 Å². The van der Waals surface area contributed by atoms with Crippen LogP contribution in [-0.4, -0.2) is 132 Å². The lowest BCUT2D eigenvalue weighted by molar-refractivity contribution is 0.0140. The summed E-state index contributed by atoms with van der Waals surface area (Å²) in [5, 5.41) is 4.55. The topological polar surface area (TPSA) is 158 Å². The Kier molecular flexibility index (Phi) is 30.1. The summed E-state index contributed by atoms with van der Waals surface area (Å²) in [7, 11) is 3.35. The van der Waals surface area contributed by atoms with Crippen molar-refractivity contribution in [2.75, 3.05) is 113 Å². The highest BCUT2D eigenvalue weighted by Gasteiger charge is 2.04. The molecule has 4 aromatic carbocycles. The lowest BCUT2D eigenvalue weighted by Gasteiger charge is -2.06. The van der Waals surface area contributed by atoms with Gasteiger partial charge in [0.2, 0.25) is 0 Å². The van der Waals surface area contributed by atoms with Gasteiger partial charge in [0, 0.05) is 63.6 Å². The van der Waals surface area contributed by atoms with Crippen LogP contribution in [0.3, 0.4) is 0 Å². The monoisotopic (exact) mass is 805 g/mol. The molecule has 58 heavy (non-hydrogen) atoms. The number of benzene rings is 4. The number of carbonyl (C=O) groups excluding carboxylic acids is 1. The average Bonchev–Trinajstić information content (AvgIpc) is 3.25. The molecular formula is C46H68N4O8. The molecule has 0 unspecified atom stereocenters. The van der Waals surface area contributed by atoms with Gasteiger partial charge < -0.3 is 44.6 Å². The largest absolute Gasteiger partial charge is 0.496 e. The first-order valence-corrected chi connectivity index (χ1v) is 20.4. The van der Waals surface area contributed by atoms with Gasteiger partial charge in [0.1, 0.15) is 5.75 Å². The van der Waals surface area contributed by atoms with E-state index in [4.69, 9.17) is 44.6 Å².